The first-order valence-corrected chi connectivity index (χ1v) is 9.31. The summed E-state index contributed by atoms with van der Waals surface area (Å²) in [5.74, 6) is 0.543. The molecule has 4 nitrogen and oxygen atoms in total. The van der Waals surface area contributed by atoms with Crippen molar-refractivity contribution in [2.45, 2.75) is 30.7 Å². The second kappa shape index (κ2) is 8.09. The molecule has 3 rings (SSSR count). The zero-order valence-corrected chi connectivity index (χ0v) is 16.2. The largest absolute Gasteiger partial charge is 0.497 e. The number of nitrogens with zero attached hydrogens (tertiary/aromatic N) is 1. The minimum atomic E-state index is -0.529. The Balaban J connectivity index is 1.74. The van der Waals surface area contributed by atoms with E-state index >= 15 is 0 Å². The van der Waals surface area contributed by atoms with Crippen molar-refractivity contribution < 1.29 is 13.9 Å². The maximum absolute atomic E-state index is 13.3. The number of ether oxygens (including phenoxy) is 1. The van der Waals surface area contributed by atoms with E-state index < -0.39 is 5.41 Å². The summed E-state index contributed by atoms with van der Waals surface area (Å²) in [5, 5.41) is 3.14. The Morgan fingerprint density at radius 2 is 1.93 bits per heavy atom. The predicted octanol–water partition coefficient (Wildman–Crippen LogP) is 3.68. The van der Waals surface area contributed by atoms with Crippen molar-refractivity contribution in [1.82, 2.24) is 10.2 Å². The van der Waals surface area contributed by atoms with Gasteiger partial charge in [-0.2, -0.15) is 0 Å². The standard InChI is InChI=1S/C22H27FN2O2/c1-25(2)20(16-6-4-7-19(14-16)27-3)15-24-21(26)22(12-5-13-22)17-8-10-18(23)11-9-17/h4,6-11,14,20H,5,12-13,15H2,1-3H3,(H,24,26). The molecule has 27 heavy (non-hydrogen) atoms. The molecule has 1 fully saturated rings. The highest BCUT2D eigenvalue weighted by atomic mass is 19.1. The lowest BCUT2D eigenvalue weighted by atomic mass is 9.64. The molecule has 0 aromatic heterocycles. The van der Waals surface area contributed by atoms with Gasteiger partial charge in [0.2, 0.25) is 5.91 Å². The average Bonchev–Trinajstić information content (AvgIpc) is 2.62. The highest BCUT2D eigenvalue weighted by Crippen LogP contribution is 2.44. The lowest BCUT2D eigenvalue weighted by Crippen LogP contribution is -2.50. The van der Waals surface area contributed by atoms with Crippen LogP contribution in [0.15, 0.2) is 48.5 Å². The Morgan fingerprint density at radius 1 is 1.22 bits per heavy atom. The SMILES string of the molecule is COc1cccc(C(CNC(=O)C2(c3ccc(F)cc3)CCC2)N(C)C)c1. The molecule has 1 atom stereocenters. The normalized spacial score (nSPS) is 16.5. The number of halogens is 1. The number of amides is 1. The van der Waals surface area contributed by atoms with Crippen LogP contribution in [-0.4, -0.2) is 38.6 Å². The lowest BCUT2D eigenvalue weighted by molar-refractivity contribution is -0.130. The topological polar surface area (TPSA) is 41.6 Å². The summed E-state index contributed by atoms with van der Waals surface area (Å²) in [4.78, 5) is 15.1. The fraction of sp³-hybridized carbons (Fsp3) is 0.409. The summed E-state index contributed by atoms with van der Waals surface area (Å²) >= 11 is 0. The molecule has 0 saturated heterocycles. The number of benzene rings is 2. The first-order valence-electron chi connectivity index (χ1n) is 9.31. The van der Waals surface area contributed by atoms with Gasteiger partial charge in [0.15, 0.2) is 0 Å². The predicted molar refractivity (Wildman–Crippen MR) is 104 cm³/mol. The van der Waals surface area contributed by atoms with Crippen molar-refractivity contribution in [2.75, 3.05) is 27.7 Å². The van der Waals surface area contributed by atoms with Gasteiger partial charge in [0.25, 0.3) is 0 Å². The Labute approximate surface area is 160 Å². The van der Waals surface area contributed by atoms with Crippen LogP contribution in [-0.2, 0) is 10.2 Å². The van der Waals surface area contributed by atoms with Gasteiger partial charge in [0.05, 0.1) is 18.6 Å². The molecule has 5 heteroatoms. The summed E-state index contributed by atoms with van der Waals surface area (Å²) in [6.45, 7) is 0.502. The molecule has 144 valence electrons. The Morgan fingerprint density at radius 3 is 2.48 bits per heavy atom. The van der Waals surface area contributed by atoms with Crippen LogP contribution in [0.1, 0.15) is 36.4 Å². The minimum absolute atomic E-state index is 0.0232. The number of likely N-dealkylation sites (N-methyl/N-ethyl adjacent to an activating group) is 1. The number of nitrogens with one attached hydrogen (secondary N) is 1. The van der Waals surface area contributed by atoms with Crippen LogP contribution < -0.4 is 10.1 Å². The van der Waals surface area contributed by atoms with E-state index in [4.69, 9.17) is 4.74 Å². The van der Waals surface area contributed by atoms with Gasteiger partial charge in [-0.25, -0.2) is 4.39 Å². The summed E-state index contributed by atoms with van der Waals surface area (Å²) in [6.07, 6.45) is 2.62. The molecule has 0 radical (unpaired) electrons. The molecule has 1 aliphatic rings. The summed E-state index contributed by atoms with van der Waals surface area (Å²) < 4.78 is 18.6. The quantitative estimate of drug-likeness (QED) is 0.808. The van der Waals surface area contributed by atoms with Gasteiger partial charge in [0, 0.05) is 6.54 Å². The van der Waals surface area contributed by atoms with Gasteiger partial charge in [-0.15, -0.1) is 0 Å². The van der Waals surface area contributed by atoms with Gasteiger partial charge in [-0.1, -0.05) is 30.7 Å². The molecule has 1 saturated carbocycles. The van der Waals surface area contributed by atoms with E-state index in [1.807, 2.05) is 38.4 Å². The smallest absolute Gasteiger partial charge is 0.230 e. The van der Waals surface area contributed by atoms with Crippen molar-refractivity contribution in [3.05, 3.63) is 65.5 Å². The zero-order chi connectivity index (χ0) is 19.4. The highest BCUT2D eigenvalue weighted by molar-refractivity contribution is 5.89. The van der Waals surface area contributed by atoms with Crippen molar-refractivity contribution >= 4 is 5.91 Å². The van der Waals surface area contributed by atoms with E-state index in [1.165, 1.54) is 12.1 Å². The Bertz CT molecular complexity index is 785. The number of hydrogen-bond acceptors (Lipinski definition) is 3. The Kier molecular flexibility index (Phi) is 5.80. The molecule has 0 heterocycles. The van der Waals surface area contributed by atoms with Crippen LogP contribution in [0.2, 0.25) is 0 Å². The maximum atomic E-state index is 13.3. The summed E-state index contributed by atoms with van der Waals surface area (Å²) in [6, 6.07) is 14.3. The first-order chi connectivity index (χ1) is 13.0. The maximum Gasteiger partial charge on any atom is 0.230 e. The third-order valence-corrected chi connectivity index (χ3v) is 5.60. The fourth-order valence-electron chi connectivity index (χ4n) is 3.75. The minimum Gasteiger partial charge on any atom is -0.497 e. The van der Waals surface area contributed by atoms with Crippen LogP contribution in [0.5, 0.6) is 5.75 Å². The molecule has 2 aromatic rings. The molecular weight excluding hydrogens is 343 g/mol. The number of rotatable bonds is 7. The van der Waals surface area contributed by atoms with Crippen molar-refractivity contribution in [2.24, 2.45) is 0 Å². The van der Waals surface area contributed by atoms with Crippen LogP contribution in [0, 0.1) is 5.82 Å². The molecule has 1 aliphatic carbocycles. The van der Waals surface area contributed by atoms with Gasteiger partial charge in [0.1, 0.15) is 11.6 Å². The van der Waals surface area contributed by atoms with Gasteiger partial charge in [-0.3, -0.25) is 4.79 Å². The fourth-order valence-corrected chi connectivity index (χ4v) is 3.75. The summed E-state index contributed by atoms with van der Waals surface area (Å²) in [5.41, 5.74) is 1.46. The van der Waals surface area contributed by atoms with Crippen molar-refractivity contribution in [3.63, 3.8) is 0 Å². The molecule has 0 bridgehead atoms. The number of hydrogen-bond donors (Lipinski definition) is 1. The second-order valence-corrected chi connectivity index (χ2v) is 7.41. The highest BCUT2D eigenvalue weighted by Gasteiger charge is 2.45. The van der Waals surface area contributed by atoms with Gasteiger partial charge in [-0.05, 0) is 62.3 Å². The van der Waals surface area contributed by atoms with E-state index in [0.29, 0.717) is 6.54 Å². The summed E-state index contributed by atoms with van der Waals surface area (Å²) in [7, 11) is 5.64. The first kappa shape index (κ1) is 19.4. The lowest BCUT2D eigenvalue weighted by Gasteiger charge is -2.41. The number of carbonyl (C=O) groups is 1. The van der Waals surface area contributed by atoms with Gasteiger partial charge < -0.3 is 15.0 Å². The van der Waals surface area contributed by atoms with E-state index in [0.717, 1.165) is 36.1 Å². The third-order valence-electron chi connectivity index (χ3n) is 5.60. The van der Waals surface area contributed by atoms with E-state index in [1.54, 1.807) is 19.2 Å². The van der Waals surface area contributed by atoms with E-state index in [2.05, 4.69) is 10.2 Å². The third kappa shape index (κ3) is 3.98. The second-order valence-electron chi connectivity index (χ2n) is 7.41. The van der Waals surface area contributed by atoms with Crippen LogP contribution in [0.3, 0.4) is 0 Å². The molecule has 2 aromatic carbocycles. The molecule has 0 aliphatic heterocycles. The molecular formula is C22H27FN2O2. The molecule has 0 spiro atoms. The number of carbonyl (C=O) groups excluding carboxylic acids is 1. The monoisotopic (exact) mass is 370 g/mol. The van der Waals surface area contributed by atoms with Crippen molar-refractivity contribution in [1.29, 1.82) is 0 Å². The van der Waals surface area contributed by atoms with Gasteiger partial charge >= 0.3 is 0 Å². The van der Waals surface area contributed by atoms with Crippen LogP contribution in [0.4, 0.5) is 4.39 Å². The number of methoxy groups -OCH3 is 1. The Hall–Kier alpha value is -2.40. The van der Waals surface area contributed by atoms with Crippen LogP contribution >= 0.6 is 0 Å². The molecule has 1 amide bonds. The van der Waals surface area contributed by atoms with Crippen molar-refractivity contribution in [3.8, 4) is 5.75 Å². The molecule has 1 unspecified atom stereocenters. The van der Waals surface area contributed by atoms with Crippen LogP contribution in [0.25, 0.3) is 0 Å². The molecule has 1 N–H and O–H groups in total. The zero-order valence-electron chi connectivity index (χ0n) is 16.2. The average molecular weight is 370 g/mol. The van der Waals surface area contributed by atoms with E-state index in [-0.39, 0.29) is 17.8 Å². The van der Waals surface area contributed by atoms with E-state index in [9.17, 15) is 9.18 Å².